The van der Waals surface area contributed by atoms with Crippen LogP contribution in [0.3, 0.4) is 0 Å². The Balaban J connectivity index is 1.78. The average Bonchev–Trinajstić information content (AvgIpc) is 3.15. The average molecular weight is 397 g/mol. The Kier molecular flexibility index (Phi) is 5.99. The topological polar surface area (TPSA) is 55.8 Å². The van der Waals surface area contributed by atoms with E-state index in [2.05, 4.69) is 0 Å². The summed E-state index contributed by atoms with van der Waals surface area (Å²) in [6, 6.07) is 4.93. The van der Waals surface area contributed by atoms with Crippen LogP contribution in [0, 0.1) is 11.7 Å². The van der Waals surface area contributed by atoms with Gasteiger partial charge in [-0.3, -0.25) is 0 Å². The van der Waals surface area contributed by atoms with Crippen molar-refractivity contribution in [2.45, 2.75) is 70.5 Å². The van der Waals surface area contributed by atoms with Crippen molar-refractivity contribution in [3.05, 3.63) is 40.4 Å². The summed E-state index contributed by atoms with van der Waals surface area (Å²) in [6.07, 6.45) is 5.24. The van der Waals surface area contributed by atoms with Crippen molar-refractivity contribution in [3.63, 3.8) is 0 Å². The number of aryl methyl sites for hydroxylation is 1. The van der Waals surface area contributed by atoms with Gasteiger partial charge in [0.25, 0.3) is 0 Å². The molecule has 1 unspecified atom stereocenters. The summed E-state index contributed by atoms with van der Waals surface area (Å²) >= 11 is 5.84. The van der Waals surface area contributed by atoms with Gasteiger partial charge in [-0.1, -0.05) is 30.5 Å². The Morgan fingerprint density at radius 2 is 2.07 bits per heavy atom. The fraction of sp³-hybridized carbons (Fsp3) is 0.571. The minimum atomic E-state index is -0.778. The molecule has 4 nitrogen and oxygen atoms in total. The molecule has 1 aliphatic carbocycles. The van der Waals surface area contributed by atoms with Gasteiger partial charge in [0.2, 0.25) is 0 Å². The van der Waals surface area contributed by atoms with Crippen LogP contribution in [0.15, 0.2) is 29.0 Å². The van der Waals surface area contributed by atoms with Crippen LogP contribution in [0.25, 0.3) is 0 Å². The molecule has 1 aliphatic heterocycles. The zero-order chi connectivity index (χ0) is 19.6. The molecule has 1 aromatic carbocycles. The molecule has 0 bridgehead atoms. The summed E-state index contributed by atoms with van der Waals surface area (Å²) in [4.78, 5) is 12.1. The van der Waals surface area contributed by atoms with Gasteiger partial charge in [0.15, 0.2) is 16.6 Å². The molecule has 0 aromatic heterocycles. The van der Waals surface area contributed by atoms with Crippen molar-refractivity contribution in [1.82, 2.24) is 0 Å². The molecule has 1 aromatic rings. The van der Waals surface area contributed by atoms with Crippen LogP contribution in [0.2, 0.25) is 0 Å². The fourth-order valence-corrected chi connectivity index (χ4v) is 4.28. The molecule has 27 heavy (non-hydrogen) atoms. The van der Waals surface area contributed by atoms with Crippen LogP contribution in [-0.2, 0) is 16.0 Å². The van der Waals surface area contributed by atoms with Crippen LogP contribution in [-0.4, -0.2) is 22.8 Å². The van der Waals surface area contributed by atoms with Crippen LogP contribution < -0.4 is 4.74 Å². The lowest BCUT2D eigenvalue weighted by molar-refractivity contribution is -0.166. The molecule has 6 heteroatoms. The highest BCUT2D eigenvalue weighted by atomic mass is 35.5. The van der Waals surface area contributed by atoms with E-state index in [1.165, 1.54) is 6.07 Å². The second kappa shape index (κ2) is 8.09. The maximum absolute atomic E-state index is 14.3. The molecule has 1 fully saturated rings. The van der Waals surface area contributed by atoms with Gasteiger partial charge < -0.3 is 14.6 Å². The Bertz CT molecular complexity index is 740. The maximum Gasteiger partial charge on any atom is 0.353 e. The molecule has 0 radical (unpaired) electrons. The van der Waals surface area contributed by atoms with E-state index in [-0.39, 0.29) is 35.0 Å². The normalized spacial score (nSPS) is 23.8. The van der Waals surface area contributed by atoms with Gasteiger partial charge in [-0.15, -0.1) is 0 Å². The van der Waals surface area contributed by atoms with E-state index in [9.17, 15) is 14.3 Å². The van der Waals surface area contributed by atoms with E-state index in [0.29, 0.717) is 12.8 Å². The standard InChI is InChI=1S/C21H26ClFO4/c1-13(2)26-18-8-7-14(11-16(18)23)9-10-21(15-5-3-4-6-15)12-17(24)19(22)20(25)27-21/h7-8,11,13,15,24H,3-6,9-10,12H2,1-2H3. The fourth-order valence-electron chi connectivity index (χ4n) is 4.17. The van der Waals surface area contributed by atoms with E-state index in [0.717, 1.165) is 31.2 Å². The number of carbonyl (C=O) groups excluding carboxylic acids is 1. The van der Waals surface area contributed by atoms with E-state index in [4.69, 9.17) is 21.1 Å². The summed E-state index contributed by atoms with van der Waals surface area (Å²) in [7, 11) is 0. The van der Waals surface area contributed by atoms with E-state index in [1.54, 1.807) is 6.07 Å². The molecular weight excluding hydrogens is 371 g/mol. The predicted molar refractivity (Wildman–Crippen MR) is 101 cm³/mol. The number of hydrogen-bond donors (Lipinski definition) is 1. The number of rotatable bonds is 6. The molecule has 1 atom stereocenters. The molecule has 3 rings (SSSR count). The van der Waals surface area contributed by atoms with Crippen molar-refractivity contribution in [3.8, 4) is 5.75 Å². The van der Waals surface area contributed by atoms with Crippen molar-refractivity contribution in [1.29, 1.82) is 0 Å². The molecule has 1 N–H and O–H groups in total. The quantitative estimate of drug-likeness (QED) is 0.651. The van der Waals surface area contributed by atoms with E-state index in [1.807, 2.05) is 19.9 Å². The summed E-state index contributed by atoms with van der Waals surface area (Å²) in [5.41, 5.74) is 0.0248. The third-order valence-electron chi connectivity index (χ3n) is 5.49. The number of aliphatic hydroxyl groups excluding tert-OH is 1. The van der Waals surface area contributed by atoms with E-state index < -0.39 is 17.4 Å². The highest BCUT2D eigenvalue weighted by molar-refractivity contribution is 6.41. The van der Waals surface area contributed by atoms with E-state index >= 15 is 0 Å². The number of cyclic esters (lactones) is 1. The molecule has 2 aliphatic rings. The minimum absolute atomic E-state index is 0.0999. The highest BCUT2D eigenvalue weighted by Gasteiger charge is 2.47. The zero-order valence-corrected chi connectivity index (χ0v) is 16.5. The first kappa shape index (κ1) is 20.0. The molecule has 1 saturated carbocycles. The summed E-state index contributed by atoms with van der Waals surface area (Å²) < 4.78 is 25.5. The zero-order valence-electron chi connectivity index (χ0n) is 15.8. The molecule has 148 valence electrons. The SMILES string of the molecule is CC(C)Oc1ccc(CCC2(C3CCCC3)CC(O)=C(Cl)C(=O)O2)cc1F. The first-order chi connectivity index (χ1) is 12.8. The van der Waals surface area contributed by atoms with Gasteiger partial charge in [-0.25, -0.2) is 9.18 Å². The third kappa shape index (κ3) is 4.40. The Morgan fingerprint density at radius 1 is 1.37 bits per heavy atom. The van der Waals surface area contributed by atoms with Crippen LogP contribution in [0.4, 0.5) is 4.39 Å². The third-order valence-corrected chi connectivity index (χ3v) is 5.86. The van der Waals surface area contributed by atoms with Crippen LogP contribution >= 0.6 is 11.6 Å². The molecule has 1 heterocycles. The minimum Gasteiger partial charge on any atom is -0.510 e. The van der Waals surface area contributed by atoms with Gasteiger partial charge in [0.1, 0.15) is 11.4 Å². The van der Waals surface area contributed by atoms with Gasteiger partial charge >= 0.3 is 5.97 Å². The van der Waals surface area contributed by atoms with Crippen molar-refractivity contribution < 1.29 is 23.8 Å². The summed E-state index contributed by atoms with van der Waals surface area (Å²) in [5, 5.41) is 9.94. The number of hydrogen-bond acceptors (Lipinski definition) is 4. The molecule has 0 saturated heterocycles. The largest absolute Gasteiger partial charge is 0.510 e. The number of halogens is 2. The first-order valence-electron chi connectivity index (χ1n) is 9.57. The number of carbonyl (C=O) groups is 1. The van der Waals surface area contributed by atoms with Gasteiger partial charge in [-0.2, -0.15) is 0 Å². The van der Waals surface area contributed by atoms with Crippen molar-refractivity contribution in [2.75, 3.05) is 0 Å². The second-order valence-corrected chi connectivity index (χ2v) is 8.18. The predicted octanol–water partition coefficient (Wildman–Crippen LogP) is 5.43. The Labute approximate surface area is 164 Å². The summed E-state index contributed by atoms with van der Waals surface area (Å²) in [6.45, 7) is 3.70. The monoisotopic (exact) mass is 396 g/mol. The second-order valence-electron chi connectivity index (χ2n) is 7.80. The van der Waals surface area contributed by atoms with Crippen LogP contribution in [0.5, 0.6) is 5.75 Å². The van der Waals surface area contributed by atoms with Crippen LogP contribution in [0.1, 0.15) is 57.9 Å². The number of esters is 1. The Morgan fingerprint density at radius 3 is 2.67 bits per heavy atom. The van der Waals surface area contributed by atoms with Gasteiger partial charge in [0.05, 0.1) is 6.10 Å². The smallest absolute Gasteiger partial charge is 0.353 e. The van der Waals surface area contributed by atoms with Crippen molar-refractivity contribution >= 4 is 17.6 Å². The molecular formula is C21H26ClFO4. The molecule has 0 amide bonds. The highest BCUT2D eigenvalue weighted by Crippen LogP contribution is 2.46. The lowest BCUT2D eigenvalue weighted by atomic mass is 9.77. The maximum atomic E-state index is 14.3. The molecule has 0 spiro atoms. The van der Waals surface area contributed by atoms with Gasteiger partial charge in [-0.05, 0) is 63.1 Å². The summed E-state index contributed by atoms with van der Waals surface area (Å²) in [5.74, 6) is -0.758. The number of aliphatic hydroxyl groups is 1. The number of ether oxygens (including phenoxy) is 2. The Hall–Kier alpha value is -1.75. The first-order valence-corrected chi connectivity index (χ1v) is 9.94. The lowest BCUT2D eigenvalue weighted by Gasteiger charge is -2.41. The van der Waals surface area contributed by atoms with Crippen molar-refractivity contribution in [2.24, 2.45) is 5.92 Å². The number of benzene rings is 1. The van der Waals surface area contributed by atoms with Gasteiger partial charge in [0, 0.05) is 6.42 Å². The lowest BCUT2D eigenvalue weighted by Crippen LogP contribution is -2.45.